The Kier molecular flexibility index (Phi) is 5.98. The largest absolute Gasteiger partial charge is 0.504 e. The van der Waals surface area contributed by atoms with Crippen LogP contribution in [-0.2, 0) is 14.9 Å². The predicted octanol–water partition coefficient (Wildman–Crippen LogP) is 5.89. The van der Waals surface area contributed by atoms with Gasteiger partial charge in [0.05, 0.1) is 0 Å². The number of hydrogen-bond acceptors (Lipinski definition) is 4. The van der Waals surface area contributed by atoms with E-state index in [1.165, 1.54) is 42.5 Å². The molecule has 0 saturated carbocycles. The SMILES string of the molecule is O=S(=O)(O)C(c1cccc(Cl)c1)(c1cc(Cl)cc(Cl)c1)c1cc(Cl)cc(O)c1O. The summed E-state index contributed by atoms with van der Waals surface area (Å²) < 4.78 is 33.9. The fourth-order valence-electron chi connectivity index (χ4n) is 3.23. The van der Waals surface area contributed by atoms with Gasteiger partial charge in [0.15, 0.2) is 16.2 Å². The Morgan fingerprint density at radius 1 is 0.724 bits per heavy atom. The molecule has 3 aromatic carbocycles. The molecule has 10 heteroatoms. The Labute approximate surface area is 186 Å². The molecule has 5 nitrogen and oxygen atoms in total. The van der Waals surface area contributed by atoms with Gasteiger partial charge in [-0.2, -0.15) is 8.42 Å². The molecule has 0 amide bonds. The van der Waals surface area contributed by atoms with Crippen molar-refractivity contribution in [1.29, 1.82) is 0 Å². The van der Waals surface area contributed by atoms with Gasteiger partial charge in [0, 0.05) is 31.7 Å². The lowest BCUT2D eigenvalue weighted by atomic mass is 9.83. The molecule has 3 aromatic rings. The zero-order valence-corrected chi connectivity index (χ0v) is 18.1. The molecule has 0 aromatic heterocycles. The van der Waals surface area contributed by atoms with E-state index in [0.29, 0.717) is 0 Å². The maximum atomic E-state index is 13.0. The summed E-state index contributed by atoms with van der Waals surface area (Å²) in [5, 5.41) is 20.9. The molecule has 0 aliphatic heterocycles. The summed E-state index contributed by atoms with van der Waals surface area (Å²) in [7, 11) is -5.10. The zero-order chi connectivity index (χ0) is 21.6. The summed E-state index contributed by atoms with van der Waals surface area (Å²) in [6.45, 7) is 0. The van der Waals surface area contributed by atoms with Crippen LogP contribution in [-0.4, -0.2) is 23.2 Å². The number of phenolic OH excluding ortho intramolecular Hbond substituents is 2. The first kappa shape index (κ1) is 22.0. The van der Waals surface area contributed by atoms with Crippen LogP contribution in [0.4, 0.5) is 0 Å². The van der Waals surface area contributed by atoms with Crippen LogP contribution in [0.3, 0.4) is 0 Å². The lowest BCUT2D eigenvalue weighted by Crippen LogP contribution is -2.38. The molecule has 0 radical (unpaired) electrons. The Bertz CT molecular complexity index is 1190. The first-order chi connectivity index (χ1) is 13.5. The molecule has 0 aliphatic carbocycles. The van der Waals surface area contributed by atoms with Crippen molar-refractivity contribution in [2.75, 3.05) is 0 Å². The van der Waals surface area contributed by atoms with Gasteiger partial charge in [-0.1, -0.05) is 58.5 Å². The number of hydrogen-bond donors (Lipinski definition) is 3. The number of halogens is 4. The maximum Gasteiger partial charge on any atom is 0.283 e. The molecule has 3 N–H and O–H groups in total. The van der Waals surface area contributed by atoms with E-state index >= 15 is 0 Å². The molecular formula is C19H12Cl4O5S. The second kappa shape index (κ2) is 7.87. The third-order valence-electron chi connectivity index (χ3n) is 4.32. The smallest absolute Gasteiger partial charge is 0.283 e. The van der Waals surface area contributed by atoms with Crippen molar-refractivity contribution >= 4 is 56.5 Å². The van der Waals surface area contributed by atoms with Crippen molar-refractivity contribution in [2.45, 2.75) is 4.75 Å². The summed E-state index contributed by atoms with van der Waals surface area (Å²) >= 11 is 24.3. The average molecular weight is 494 g/mol. The molecule has 0 fully saturated rings. The summed E-state index contributed by atoms with van der Waals surface area (Å²) in [6, 6.07) is 11.7. The standard InChI is InChI=1S/C19H12Cl4O5S/c20-12-3-1-2-10(4-12)19(29(26,27)28,11-5-13(21)7-14(22)6-11)16-8-15(23)9-17(24)18(16)25/h1-9,24-25H,(H,26,27,28). The second-order valence-electron chi connectivity index (χ2n) is 6.15. The topological polar surface area (TPSA) is 94.8 Å². The molecule has 3 rings (SSSR count). The molecule has 1 unspecified atom stereocenters. The van der Waals surface area contributed by atoms with Crippen molar-refractivity contribution in [3.8, 4) is 11.5 Å². The summed E-state index contributed by atoms with van der Waals surface area (Å²) in [5.74, 6) is -1.49. The van der Waals surface area contributed by atoms with E-state index in [4.69, 9.17) is 46.4 Å². The Morgan fingerprint density at radius 2 is 1.28 bits per heavy atom. The van der Waals surface area contributed by atoms with E-state index < -0.39 is 31.9 Å². The van der Waals surface area contributed by atoms with Crippen molar-refractivity contribution in [3.63, 3.8) is 0 Å². The minimum atomic E-state index is -5.10. The Hall–Kier alpha value is -1.67. The number of phenols is 2. The second-order valence-corrected chi connectivity index (χ2v) is 9.45. The van der Waals surface area contributed by atoms with E-state index in [-0.39, 0.29) is 31.2 Å². The number of rotatable bonds is 4. The van der Waals surface area contributed by atoms with Gasteiger partial charge in [-0.05, 0) is 47.5 Å². The van der Waals surface area contributed by atoms with Crippen LogP contribution in [0.1, 0.15) is 16.7 Å². The molecule has 0 aliphatic rings. The van der Waals surface area contributed by atoms with Gasteiger partial charge in [0.25, 0.3) is 10.1 Å². The fourth-order valence-corrected chi connectivity index (χ4v) is 5.44. The van der Waals surface area contributed by atoms with E-state index in [9.17, 15) is 23.2 Å². The molecule has 152 valence electrons. The van der Waals surface area contributed by atoms with Gasteiger partial charge in [-0.3, -0.25) is 4.55 Å². The van der Waals surface area contributed by atoms with Crippen LogP contribution in [0.15, 0.2) is 54.6 Å². The van der Waals surface area contributed by atoms with E-state index in [1.807, 2.05) is 0 Å². The monoisotopic (exact) mass is 492 g/mol. The highest BCUT2D eigenvalue weighted by Crippen LogP contribution is 2.51. The van der Waals surface area contributed by atoms with E-state index in [2.05, 4.69) is 0 Å². The molecular weight excluding hydrogens is 482 g/mol. The molecule has 1 atom stereocenters. The number of aromatic hydroxyl groups is 2. The molecule has 0 heterocycles. The van der Waals surface area contributed by atoms with E-state index in [0.717, 1.165) is 12.1 Å². The van der Waals surface area contributed by atoms with Crippen molar-refractivity contribution < 1.29 is 23.2 Å². The first-order valence-corrected chi connectivity index (χ1v) is 10.8. The van der Waals surface area contributed by atoms with Gasteiger partial charge in [0.1, 0.15) is 0 Å². The van der Waals surface area contributed by atoms with Gasteiger partial charge in [-0.15, -0.1) is 0 Å². The third-order valence-corrected chi connectivity index (χ3v) is 6.68. The lowest BCUT2D eigenvalue weighted by molar-refractivity contribution is 0.394. The lowest BCUT2D eigenvalue weighted by Gasteiger charge is -2.33. The minimum Gasteiger partial charge on any atom is -0.504 e. The van der Waals surface area contributed by atoms with Crippen LogP contribution < -0.4 is 0 Å². The van der Waals surface area contributed by atoms with E-state index in [1.54, 1.807) is 0 Å². The molecule has 0 bridgehead atoms. The zero-order valence-electron chi connectivity index (χ0n) is 14.3. The highest BCUT2D eigenvalue weighted by atomic mass is 35.5. The predicted molar refractivity (Wildman–Crippen MR) is 114 cm³/mol. The van der Waals surface area contributed by atoms with Crippen LogP contribution in [0.25, 0.3) is 0 Å². The van der Waals surface area contributed by atoms with Crippen LogP contribution in [0.5, 0.6) is 11.5 Å². The van der Waals surface area contributed by atoms with Crippen LogP contribution >= 0.6 is 46.4 Å². The first-order valence-electron chi connectivity index (χ1n) is 7.88. The quantitative estimate of drug-likeness (QED) is 0.239. The summed E-state index contributed by atoms with van der Waals surface area (Å²) in [6.07, 6.45) is 0. The van der Waals surface area contributed by atoms with Gasteiger partial charge in [-0.25, -0.2) is 0 Å². The maximum absolute atomic E-state index is 13.0. The Morgan fingerprint density at radius 3 is 1.83 bits per heavy atom. The van der Waals surface area contributed by atoms with Gasteiger partial charge in [0.2, 0.25) is 0 Å². The van der Waals surface area contributed by atoms with Gasteiger partial charge < -0.3 is 10.2 Å². The van der Waals surface area contributed by atoms with Crippen LogP contribution in [0, 0.1) is 0 Å². The highest BCUT2D eigenvalue weighted by molar-refractivity contribution is 7.87. The van der Waals surface area contributed by atoms with Crippen molar-refractivity contribution in [3.05, 3.63) is 91.4 Å². The average Bonchev–Trinajstić information content (AvgIpc) is 2.57. The fraction of sp³-hybridized carbons (Fsp3) is 0.0526. The summed E-state index contributed by atoms with van der Waals surface area (Å²) in [5.41, 5.74) is -0.551. The van der Waals surface area contributed by atoms with Gasteiger partial charge >= 0.3 is 0 Å². The molecule has 0 spiro atoms. The number of benzene rings is 3. The summed E-state index contributed by atoms with van der Waals surface area (Å²) in [4.78, 5) is 0. The highest BCUT2D eigenvalue weighted by Gasteiger charge is 2.51. The molecule has 0 saturated heterocycles. The van der Waals surface area contributed by atoms with Crippen molar-refractivity contribution in [1.82, 2.24) is 0 Å². The third kappa shape index (κ3) is 3.89. The minimum absolute atomic E-state index is 0.0391. The normalized spacial score (nSPS) is 13.8. The van der Waals surface area contributed by atoms with Crippen LogP contribution in [0.2, 0.25) is 20.1 Å². The Balaban J connectivity index is 2.63. The molecule has 29 heavy (non-hydrogen) atoms. The van der Waals surface area contributed by atoms with Crippen molar-refractivity contribution in [2.24, 2.45) is 0 Å².